The number of benzene rings is 1. The lowest BCUT2D eigenvalue weighted by Crippen LogP contribution is -2.38. The Balaban J connectivity index is 1.76. The average Bonchev–Trinajstić information content (AvgIpc) is 2.52. The van der Waals surface area contributed by atoms with Gasteiger partial charge in [-0.25, -0.2) is 0 Å². The molecule has 0 radical (unpaired) electrons. The number of carbonyl (C=O) groups excluding carboxylic acids is 1. The van der Waals surface area contributed by atoms with Gasteiger partial charge >= 0.3 is 0 Å². The molecule has 116 valence electrons. The zero-order chi connectivity index (χ0) is 15.1. The first-order chi connectivity index (χ1) is 10.1. The van der Waals surface area contributed by atoms with Crippen LogP contribution < -0.4 is 10.5 Å². The maximum atomic E-state index is 12.0. The maximum Gasteiger partial charge on any atom is 0.260 e. The van der Waals surface area contributed by atoms with E-state index in [4.69, 9.17) is 10.5 Å². The van der Waals surface area contributed by atoms with Crippen LogP contribution in [0, 0.1) is 0 Å². The van der Waals surface area contributed by atoms with Crippen molar-refractivity contribution in [3.05, 3.63) is 29.8 Å². The molecule has 4 heteroatoms. The molecule has 1 aliphatic heterocycles. The Bertz CT molecular complexity index is 437. The van der Waals surface area contributed by atoms with Crippen molar-refractivity contribution in [2.75, 3.05) is 19.7 Å². The van der Waals surface area contributed by atoms with Crippen molar-refractivity contribution in [2.24, 2.45) is 5.73 Å². The minimum atomic E-state index is 0.0933. The van der Waals surface area contributed by atoms with E-state index in [0.717, 1.165) is 44.5 Å². The average molecular weight is 290 g/mol. The van der Waals surface area contributed by atoms with E-state index in [-0.39, 0.29) is 18.6 Å². The van der Waals surface area contributed by atoms with Crippen molar-refractivity contribution >= 4 is 5.91 Å². The highest BCUT2D eigenvalue weighted by Gasteiger charge is 2.16. The van der Waals surface area contributed by atoms with Gasteiger partial charge in [-0.2, -0.15) is 0 Å². The fourth-order valence-electron chi connectivity index (χ4n) is 2.53. The molecule has 1 saturated heterocycles. The van der Waals surface area contributed by atoms with E-state index < -0.39 is 0 Å². The predicted molar refractivity (Wildman–Crippen MR) is 84.3 cm³/mol. The second-order valence-electron chi connectivity index (χ2n) is 5.89. The highest BCUT2D eigenvalue weighted by Crippen LogP contribution is 2.15. The summed E-state index contributed by atoms with van der Waals surface area (Å²) < 4.78 is 5.59. The van der Waals surface area contributed by atoms with Crippen molar-refractivity contribution in [3.8, 4) is 5.75 Å². The fraction of sp³-hybridized carbons (Fsp3) is 0.588. The summed E-state index contributed by atoms with van der Waals surface area (Å²) in [4.78, 5) is 13.9. The van der Waals surface area contributed by atoms with Crippen molar-refractivity contribution in [3.63, 3.8) is 0 Å². The molecule has 2 rings (SSSR count). The van der Waals surface area contributed by atoms with Crippen LogP contribution in [0.5, 0.6) is 5.75 Å². The minimum Gasteiger partial charge on any atom is -0.484 e. The number of carbonyl (C=O) groups is 1. The lowest BCUT2D eigenvalue weighted by molar-refractivity contribution is -0.134. The van der Waals surface area contributed by atoms with Gasteiger partial charge in [-0.05, 0) is 56.7 Å². The smallest absolute Gasteiger partial charge is 0.260 e. The molecule has 0 aliphatic carbocycles. The topological polar surface area (TPSA) is 55.6 Å². The lowest BCUT2D eigenvalue weighted by Gasteiger charge is -2.26. The summed E-state index contributed by atoms with van der Waals surface area (Å²) in [6.45, 7) is 3.90. The molecule has 0 saturated carbocycles. The number of rotatable bonds is 6. The van der Waals surface area contributed by atoms with Gasteiger partial charge in [0.25, 0.3) is 5.91 Å². The van der Waals surface area contributed by atoms with E-state index in [1.165, 1.54) is 12.0 Å². The molecular weight excluding hydrogens is 264 g/mol. The molecular formula is C17H26N2O2. The van der Waals surface area contributed by atoms with Crippen molar-refractivity contribution in [2.45, 2.75) is 45.1 Å². The quantitative estimate of drug-likeness (QED) is 0.875. The number of likely N-dealkylation sites (tertiary alicyclic amines) is 1. The molecule has 1 atom stereocenters. The van der Waals surface area contributed by atoms with Gasteiger partial charge in [0, 0.05) is 19.1 Å². The van der Waals surface area contributed by atoms with Crippen LogP contribution in [0.2, 0.25) is 0 Å². The molecule has 1 heterocycles. The lowest BCUT2D eigenvalue weighted by atomic mass is 10.1. The van der Waals surface area contributed by atoms with Gasteiger partial charge in [-0.1, -0.05) is 12.1 Å². The van der Waals surface area contributed by atoms with E-state index >= 15 is 0 Å². The van der Waals surface area contributed by atoms with Crippen LogP contribution in [0.1, 0.15) is 38.2 Å². The number of ether oxygens (including phenoxy) is 1. The largest absolute Gasteiger partial charge is 0.484 e. The van der Waals surface area contributed by atoms with Crippen molar-refractivity contribution in [1.82, 2.24) is 4.90 Å². The standard InChI is InChI=1S/C17H26N2O2/c1-14(18)5-6-15-7-9-16(10-8-15)21-13-17(20)19-11-3-2-4-12-19/h7-10,14H,2-6,11-13,18H2,1H3. The summed E-state index contributed by atoms with van der Waals surface area (Å²) in [7, 11) is 0. The van der Waals surface area contributed by atoms with E-state index in [0.29, 0.717) is 0 Å². The zero-order valence-corrected chi connectivity index (χ0v) is 12.9. The first-order valence-corrected chi connectivity index (χ1v) is 7.90. The molecule has 1 aliphatic rings. The van der Waals surface area contributed by atoms with Gasteiger partial charge < -0.3 is 15.4 Å². The van der Waals surface area contributed by atoms with Crippen LogP contribution in [0.4, 0.5) is 0 Å². The second-order valence-corrected chi connectivity index (χ2v) is 5.89. The molecule has 0 spiro atoms. The molecule has 1 aromatic rings. The number of nitrogens with two attached hydrogens (primary N) is 1. The minimum absolute atomic E-state index is 0.0933. The molecule has 1 fully saturated rings. The Labute approximate surface area is 127 Å². The van der Waals surface area contributed by atoms with Gasteiger partial charge in [-0.3, -0.25) is 4.79 Å². The summed E-state index contributed by atoms with van der Waals surface area (Å²) in [5.74, 6) is 0.848. The van der Waals surface area contributed by atoms with Gasteiger partial charge in [0.1, 0.15) is 5.75 Å². The molecule has 1 unspecified atom stereocenters. The third-order valence-corrected chi connectivity index (χ3v) is 3.88. The first-order valence-electron chi connectivity index (χ1n) is 7.90. The van der Waals surface area contributed by atoms with E-state index in [1.807, 2.05) is 36.1 Å². The third-order valence-electron chi connectivity index (χ3n) is 3.88. The molecule has 21 heavy (non-hydrogen) atoms. The highest BCUT2D eigenvalue weighted by atomic mass is 16.5. The Morgan fingerprint density at radius 2 is 1.90 bits per heavy atom. The number of nitrogens with zero attached hydrogens (tertiary/aromatic N) is 1. The Kier molecular flexibility index (Phi) is 6.05. The monoisotopic (exact) mass is 290 g/mol. The summed E-state index contributed by atoms with van der Waals surface area (Å²) in [5, 5.41) is 0. The van der Waals surface area contributed by atoms with Gasteiger partial charge in [0.05, 0.1) is 0 Å². The van der Waals surface area contributed by atoms with Crippen LogP contribution in [0.15, 0.2) is 24.3 Å². The van der Waals surface area contributed by atoms with E-state index in [9.17, 15) is 4.79 Å². The van der Waals surface area contributed by atoms with Gasteiger partial charge in [0.15, 0.2) is 6.61 Å². The normalized spacial score (nSPS) is 16.6. The Morgan fingerprint density at radius 3 is 2.52 bits per heavy atom. The van der Waals surface area contributed by atoms with Crippen LogP contribution in [-0.4, -0.2) is 36.5 Å². The van der Waals surface area contributed by atoms with Crippen LogP contribution in [0.25, 0.3) is 0 Å². The highest BCUT2D eigenvalue weighted by molar-refractivity contribution is 5.77. The molecule has 0 bridgehead atoms. The number of hydrogen-bond acceptors (Lipinski definition) is 3. The zero-order valence-electron chi connectivity index (χ0n) is 12.9. The van der Waals surface area contributed by atoms with Crippen molar-refractivity contribution in [1.29, 1.82) is 0 Å². The Hall–Kier alpha value is -1.55. The van der Waals surface area contributed by atoms with Gasteiger partial charge in [0.2, 0.25) is 0 Å². The molecule has 1 aromatic carbocycles. The Morgan fingerprint density at radius 1 is 1.24 bits per heavy atom. The third kappa shape index (κ3) is 5.38. The number of aryl methyl sites for hydroxylation is 1. The summed E-state index contributed by atoms with van der Waals surface area (Å²) in [6, 6.07) is 8.18. The molecule has 1 amide bonds. The SMILES string of the molecule is CC(N)CCc1ccc(OCC(=O)N2CCCCC2)cc1. The van der Waals surface area contributed by atoms with Crippen molar-refractivity contribution < 1.29 is 9.53 Å². The predicted octanol–water partition coefficient (Wildman–Crippen LogP) is 2.36. The fourth-order valence-corrected chi connectivity index (χ4v) is 2.53. The van der Waals surface area contributed by atoms with Crippen LogP contribution in [0.3, 0.4) is 0 Å². The van der Waals surface area contributed by atoms with E-state index in [1.54, 1.807) is 0 Å². The number of amides is 1. The maximum absolute atomic E-state index is 12.0. The van der Waals surface area contributed by atoms with Crippen LogP contribution in [-0.2, 0) is 11.2 Å². The second kappa shape index (κ2) is 8.03. The molecule has 2 N–H and O–H groups in total. The first kappa shape index (κ1) is 15.8. The number of hydrogen-bond donors (Lipinski definition) is 1. The summed E-state index contributed by atoms with van der Waals surface area (Å²) in [5.41, 5.74) is 7.01. The molecule has 4 nitrogen and oxygen atoms in total. The summed E-state index contributed by atoms with van der Waals surface area (Å²) >= 11 is 0. The molecule has 0 aromatic heterocycles. The van der Waals surface area contributed by atoms with Crippen LogP contribution >= 0.6 is 0 Å². The van der Waals surface area contributed by atoms with Gasteiger partial charge in [-0.15, -0.1) is 0 Å². The van der Waals surface area contributed by atoms with E-state index in [2.05, 4.69) is 0 Å². The summed E-state index contributed by atoms with van der Waals surface area (Å²) in [6.07, 6.45) is 5.41. The number of piperidine rings is 1.